The summed E-state index contributed by atoms with van der Waals surface area (Å²) in [4.78, 5) is 0. The van der Waals surface area contributed by atoms with Gasteiger partial charge in [0.05, 0.1) is 0 Å². The van der Waals surface area contributed by atoms with Crippen molar-refractivity contribution in [3.05, 3.63) is 76.9 Å². The van der Waals surface area contributed by atoms with Gasteiger partial charge >= 0.3 is 0 Å². The Morgan fingerprint density at radius 2 is 1.68 bits per heavy atom. The molecule has 0 fully saturated rings. The van der Waals surface area contributed by atoms with Crippen LogP contribution in [-0.4, -0.2) is 11.8 Å². The third kappa shape index (κ3) is 4.41. The largest absolute Gasteiger partial charge is 0.381 e. The quantitative estimate of drug-likeness (QED) is 0.736. The summed E-state index contributed by atoms with van der Waals surface area (Å²) in [6, 6.07) is 15.4. The predicted molar refractivity (Wildman–Crippen MR) is 101 cm³/mol. The van der Waals surface area contributed by atoms with Gasteiger partial charge in [-0.15, -0.1) is 0 Å². The first-order valence-electron chi connectivity index (χ1n) is 7.69. The van der Waals surface area contributed by atoms with Crippen LogP contribution in [0.5, 0.6) is 0 Å². The maximum absolute atomic E-state index is 4.49. The van der Waals surface area contributed by atoms with Crippen molar-refractivity contribution >= 4 is 18.3 Å². The van der Waals surface area contributed by atoms with E-state index in [4.69, 9.17) is 0 Å². The molecule has 1 atom stereocenters. The summed E-state index contributed by atoms with van der Waals surface area (Å²) in [6.07, 6.45) is 0.952. The number of nitrogens with one attached hydrogen (secondary N) is 1. The van der Waals surface area contributed by atoms with Crippen LogP contribution >= 0.6 is 12.6 Å². The molecule has 2 aromatic carbocycles. The van der Waals surface area contributed by atoms with Crippen LogP contribution in [0.4, 0.5) is 0 Å². The number of benzene rings is 2. The molecule has 2 heteroatoms. The van der Waals surface area contributed by atoms with Gasteiger partial charge in [-0.25, -0.2) is 0 Å². The third-order valence-corrected chi connectivity index (χ3v) is 4.35. The lowest BCUT2D eigenvalue weighted by atomic mass is 10.0. The monoisotopic (exact) mass is 311 g/mol. The van der Waals surface area contributed by atoms with E-state index in [2.05, 4.69) is 87.8 Å². The molecule has 0 saturated heterocycles. The first-order chi connectivity index (χ1) is 10.5. The average molecular weight is 311 g/mol. The molecule has 1 nitrogen and oxygen atoms in total. The molecule has 1 N–H and O–H groups in total. The van der Waals surface area contributed by atoms with Crippen LogP contribution in [0.2, 0.25) is 0 Å². The third-order valence-electron chi connectivity index (χ3n) is 3.91. The summed E-state index contributed by atoms with van der Waals surface area (Å²) in [7, 11) is 0. The molecule has 0 aromatic heterocycles. The predicted octanol–water partition coefficient (Wildman–Crippen LogP) is 4.71. The van der Waals surface area contributed by atoms with E-state index in [1.807, 2.05) is 0 Å². The smallest absolute Gasteiger partial charge is 0.0389 e. The maximum atomic E-state index is 4.49. The molecule has 0 spiro atoms. The summed E-state index contributed by atoms with van der Waals surface area (Å²) in [5.41, 5.74) is 7.31. The zero-order valence-corrected chi connectivity index (χ0v) is 14.6. The first-order valence-corrected chi connectivity index (χ1v) is 8.32. The SMILES string of the molecule is C=C(NC(CS)Cc1ccc(C)cc1)c1ccc(C)cc1C. The van der Waals surface area contributed by atoms with Crippen molar-refractivity contribution in [1.29, 1.82) is 0 Å². The van der Waals surface area contributed by atoms with Crippen LogP contribution in [0, 0.1) is 20.8 Å². The van der Waals surface area contributed by atoms with E-state index < -0.39 is 0 Å². The molecule has 0 aliphatic carbocycles. The topological polar surface area (TPSA) is 12.0 Å². The van der Waals surface area contributed by atoms with E-state index in [0.29, 0.717) is 0 Å². The number of rotatable bonds is 6. The highest BCUT2D eigenvalue weighted by molar-refractivity contribution is 7.80. The Morgan fingerprint density at radius 3 is 2.27 bits per heavy atom. The van der Waals surface area contributed by atoms with Gasteiger partial charge in [-0.3, -0.25) is 0 Å². The van der Waals surface area contributed by atoms with E-state index >= 15 is 0 Å². The zero-order valence-electron chi connectivity index (χ0n) is 13.7. The van der Waals surface area contributed by atoms with Crippen LogP contribution in [-0.2, 0) is 6.42 Å². The molecule has 0 saturated carbocycles. The van der Waals surface area contributed by atoms with E-state index in [0.717, 1.165) is 17.9 Å². The first kappa shape index (κ1) is 16.7. The van der Waals surface area contributed by atoms with Crippen molar-refractivity contribution in [2.45, 2.75) is 33.2 Å². The van der Waals surface area contributed by atoms with Gasteiger partial charge in [-0.2, -0.15) is 12.6 Å². The molecular weight excluding hydrogens is 286 g/mol. The van der Waals surface area contributed by atoms with Gasteiger partial charge in [0.15, 0.2) is 0 Å². The fraction of sp³-hybridized carbons (Fsp3) is 0.300. The van der Waals surface area contributed by atoms with Crippen molar-refractivity contribution < 1.29 is 0 Å². The minimum Gasteiger partial charge on any atom is -0.381 e. The van der Waals surface area contributed by atoms with Crippen molar-refractivity contribution in [2.24, 2.45) is 0 Å². The van der Waals surface area contributed by atoms with Gasteiger partial charge in [0.25, 0.3) is 0 Å². The van der Waals surface area contributed by atoms with Gasteiger partial charge in [-0.1, -0.05) is 60.2 Å². The lowest BCUT2D eigenvalue weighted by Crippen LogP contribution is -2.31. The molecule has 22 heavy (non-hydrogen) atoms. The molecule has 116 valence electrons. The van der Waals surface area contributed by atoms with E-state index in [9.17, 15) is 0 Å². The summed E-state index contributed by atoms with van der Waals surface area (Å²) < 4.78 is 0. The average Bonchev–Trinajstić information content (AvgIpc) is 2.48. The summed E-state index contributed by atoms with van der Waals surface area (Å²) in [5, 5.41) is 3.54. The Morgan fingerprint density at radius 1 is 1.05 bits per heavy atom. The van der Waals surface area contributed by atoms with Crippen LogP contribution < -0.4 is 5.32 Å². The fourth-order valence-electron chi connectivity index (χ4n) is 2.65. The Bertz CT molecular complexity index is 643. The van der Waals surface area contributed by atoms with E-state index in [-0.39, 0.29) is 6.04 Å². The maximum Gasteiger partial charge on any atom is 0.0389 e. The molecule has 0 bridgehead atoms. The Labute approximate surface area is 139 Å². The molecule has 0 heterocycles. The molecule has 2 aromatic rings. The Balaban J connectivity index is 2.06. The lowest BCUT2D eigenvalue weighted by molar-refractivity contribution is 0.659. The number of thiol groups is 1. The second-order valence-corrected chi connectivity index (χ2v) is 6.38. The summed E-state index contributed by atoms with van der Waals surface area (Å²) in [5.74, 6) is 0.776. The summed E-state index contributed by atoms with van der Waals surface area (Å²) >= 11 is 4.49. The highest BCUT2D eigenvalue weighted by atomic mass is 32.1. The molecule has 2 rings (SSSR count). The highest BCUT2D eigenvalue weighted by Gasteiger charge is 2.11. The van der Waals surface area contributed by atoms with Crippen LogP contribution in [0.15, 0.2) is 49.0 Å². The number of aryl methyl sites for hydroxylation is 3. The molecular formula is C20H25NS. The summed E-state index contributed by atoms with van der Waals surface area (Å²) in [6.45, 7) is 10.6. The molecule has 0 aliphatic heterocycles. The van der Waals surface area contributed by atoms with Crippen molar-refractivity contribution in [2.75, 3.05) is 5.75 Å². The molecule has 1 unspecified atom stereocenters. The Kier molecular flexibility index (Phi) is 5.73. The van der Waals surface area contributed by atoms with Crippen molar-refractivity contribution in [1.82, 2.24) is 5.32 Å². The lowest BCUT2D eigenvalue weighted by Gasteiger charge is -2.21. The zero-order chi connectivity index (χ0) is 16.1. The van der Waals surface area contributed by atoms with Gasteiger partial charge < -0.3 is 5.32 Å². The number of hydrogen-bond donors (Lipinski definition) is 2. The second-order valence-electron chi connectivity index (χ2n) is 6.01. The highest BCUT2D eigenvalue weighted by Crippen LogP contribution is 2.18. The standard InChI is InChI=1S/C20H25NS/c1-14-5-8-18(9-6-14)12-19(13-22)21-17(4)20-10-7-15(2)11-16(20)3/h5-11,19,21-22H,4,12-13H2,1-3H3. The van der Waals surface area contributed by atoms with E-state index in [1.165, 1.54) is 27.8 Å². The minimum atomic E-state index is 0.277. The van der Waals surface area contributed by atoms with Crippen LogP contribution in [0.3, 0.4) is 0 Å². The van der Waals surface area contributed by atoms with Gasteiger partial charge in [0, 0.05) is 17.5 Å². The van der Waals surface area contributed by atoms with E-state index in [1.54, 1.807) is 0 Å². The fourth-order valence-corrected chi connectivity index (χ4v) is 2.87. The Hall–Kier alpha value is -1.67. The molecule has 0 aliphatic rings. The van der Waals surface area contributed by atoms with Crippen molar-refractivity contribution in [3.8, 4) is 0 Å². The molecule has 0 radical (unpaired) electrons. The van der Waals surface area contributed by atoms with Gasteiger partial charge in [-0.05, 0) is 43.9 Å². The normalized spacial score (nSPS) is 12.0. The van der Waals surface area contributed by atoms with Gasteiger partial charge in [0.1, 0.15) is 0 Å². The second kappa shape index (κ2) is 7.55. The van der Waals surface area contributed by atoms with Gasteiger partial charge in [0.2, 0.25) is 0 Å². The van der Waals surface area contributed by atoms with Crippen LogP contribution in [0.25, 0.3) is 5.70 Å². The van der Waals surface area contributed by atoms with Crippen LogP contribution in [0.1, 0.15) is 27.8 Å². The number of hydrogen-bond acceptors (Lipinski definition) is 2. The molecule has 0 amide bonds. The minimum absolute atomic E-state index is 0.277. The van der Waals surface area contributed by atoms with Crippen molar-refractivity contribution in [3.63, 3.8) is 0 Å².